The van der Waals surface area contributed by atoms with Crippen molar-refractivity contribution in [2.75, 3.05) is 0 Å². The van der Waals surface area contributed by atoms with Crippen LogP contribution in [0.1, 0.15) is 16.2 Å². The number of pyridine rings is 1. The molecule has 5 nitrogen and oxygen atoms in total. The molecule has 0 aliphatic rings. The summed E-state index contributed by atoms with van der Waals surface area (Å²) in [4.78, 5) is 20.8. The minimum absolute atomic E-state index is 0.0823. The predicted molar refractivity (Wildman–Crippen MR) is 67.4 cm³/mol. The minimum atomic E-state index is -0.0823. The van der Waals surface area contributed by atoms with Crippen molar-refractivity contribution in [3.8, 4) is 0 Å². The number of carbonyl (C=O) groups excluding carboxylic acids is 1. The molecule has 3 aromatic heterocycles. The Balaban J connectivity index is 2.21. The quantitative estimate of drug-likeness (QED) is 0.638. The van der Waals surface area contributed by atoms with Crippen molar-refractivity contribution in [3.63, 3.8) is 0 Å². The molecule has 0 amide bonds. The van der Waals surface area contributed by atoms with Gasteiger partial charge in [-0.3, -0.25) is 4.79 Å². The molecule has 90 valence electrons. The van der Waals surface area contributed by atoms with Crippen LogP contribution in [0, 0.1) is 0 Å². The smallest absolute Gasteiger partial charge is 0.230 e. The van der Waals surface area contributed by atoms with E-state index in [4.69, 9.17) is 0 Å². The molecular formula is C13H12N4O. The zero-order chi connectivity index (χ0) is 12.7. The number of fused-ring (bicyclic) bond motifs is 1. The number of hydrogen-bond donors (Lipinski definition) is 0. The van der Waals surface area contributed by atoms with Gasteiger partial charge in [-0.05, 0) is 12.1 Å². The van der Waals surface area contributed by atoms with Gasteiger partial charge in [0.05, 0.1) is 5.56 Å². The monoisotopic (exact) mass is 240 g/mol. The molecule has 0 spiro atoms. The Hall–Kier alpha value is -2.43. The lowest BCUT2D eigenvalue weighted by Gasteiger charge is -1.99. The molecule has 0 fully saturated rings. The number of hydrogen-bond acceptors (Lipinski definition) is 3. The fraction of sp³-hybridized carbons (Fsp3) is 0.154. The lowest BCUT2D eigenvalue weighted by Crippen LogP contribution is -2.08. The highest BCUT2D eigenvalue weighted by Gasteiger charge is 2.19. The second kappa shape index (κ2) is 3.80. The summed E-state index contributed by atoms with van der Waals surface area (Å²) >= 11 is 0. The van der Waals surface area contributed by atoms with Gasteiger partial charge >= 0.3 is 0 Å². The van der Waals surface area contributed by atoms with E-state index in [1.165, 1.54) is 0 Å². The van der Waals surface area contributed by atoms with Crippen molar-refractivity contribution in [3.05, 3.63) is 48.3 Å². The Kier molecular flexibility index (Phi) is 2.26. The molecule has 0 aliphatic heterocycles. The first kappa shape index (κ1) is 10.7. The van der Waals surface area contributed by atoms with E-state index in [-0.39, 0.29) is 5.78 Å². The Morgan fingerprint density at radius 2 is 2.00 bits per heavy atom. The average molecular weight is 240 g/mol. The largest absolute Gasteiger partial charge is 0.335 e. The van der Waals surface area contributed by atoms with E-state index in [0.29, 0.717) is 11.4 Å². The Morgan fingerprint density at radius 1 is 1.17 bits per heavy atom. The summed E-state index contributed by atoms with van der Waals surface area (Å²) in [5.41, 5.74) is 1.44. The summed E-state index contributed by atoms with van der Waals surface area (Å²) < 4.78 is 3.57. The van der Waals surface area contributed by atoms with Crippen LogP contribution in [-0.2, 0) is 14.1 Å². The summed E-state index contributed by atoms with van der Waals surface area (Å²) in [6, 6.07) is 3.73. The van der Waals surface area contributed by atoms with Crippen molar-refractivity contribution < 1.29 is 4.79 Å². The van der Waals surface area contributed by atoms with E-state index >= 15 is 0 Å². The summed E-state index contributed by atoms with van der Waals surface area (Å²) in [7, 11) is 3.69. The second-order valence-corrected chi connectivity index (χ2v) is 4.22. The molecule has 0 saturated carbocycles. The molecule has 0 N–H and O–H groups in total. The normalized spacial score (nSPS) is 11.0. The number of imidazole rings is 1. The van der Waals surface area contributed by atoms with Gasteiger partial charge < -0.3 is 9.13 Å². The van der Waals surface area contributed by atoms with Crippen LogP contribution in [0.3, 0.4) is 0 Å². The molecule has 3 rings (SSSR count). The van der Waals surface area contributed by atoms with Crippen LogP contribution in [0.25, 0.3) is 11.0 Å². The van der Waals surface area contributed by atoms with Gasteiger partial charge in [0, 0.05) is 44.3 Å². The first-order valence-electron chi connectivity index (χ1n) is 5.60. The molecule has 3 heterocycles. The number of rotatable bonds is 2. The van der Waals surface area contributed by atoms with E-state index in [1.54, 1.807) is 29.4 Å². The van der Waals surface area contributed by atoms with Crippen molar-refractivity contribution in [2.45, 2.75) is 0 Å². The summed E-state index contributed by atoms with van der Waals surface area (Å²) in [5, 5.41) is 0.855. The third-order valence-corrected chi connectivity index (χ3v) is 3.00. The van der Waals surface area contributed by atoms with Gasteiger partial charge in [-0.1, -0.05) is 0 Å². The van der Waals surface area contributed by atoms with Gasteiger partial charge in [0.25, 0.3) is 0 Å². The summed E-state index contributed by atoms with van der Waals surface area (Å²) in [6.45, 7) is 0. The highest BCUT2D eigenvalue weighted by atomic mass is 16.1. The van der Waals surface area contributed by atoms with Crippen molar-refractivity contribution in [1.29, 1.82) is 0 Å². The number of aryl methyl sites for hydroxylation is 2. The summed E-state index contributed by atoms with van der Waals surface area (Å²) in [6.07, 6.45) is 6.90. The van der Waals surface area contributed by atoms with Gasteiger partial charge in [-0.2, -0.15) is 0 Å². The van der Waals surface area contributed by atoms with Crippen LogP contribution in [0.4, 0.5) is 0 Å². The van der Waals surface area contributed by atoms with Crippen LogP contribution in [0.2, 0.25) is 0 Å². The van der Waals surface area contributed by atoms with Gasteiger partial charge in [0.1, 0.15) is 5.65 Å². The SMILES string of the molecule is Cn1ccnc1C(=O)c1cn(C)c2ncccc12. The molecular weight excluding hydrogens is 228 g/mol. The van der Waals surface area contributed by atoms with Crippen molar-refractivity contribution >= 4 is 16.8 Å². The Morgan fingerprint density at radius 3 is 2.72 bits per heavy atom. The molecule has 0 atom stereocenters. The van der Waals surface area contributed by atoms with E-state index in [9.17, 15) is 4.79 Å². The third kappa shape index (κ3) is 1.44. The molecule has 18 heavy (non-hydrogen) atoms. The molecule has 0 aromatic carbocycles. The maximum Gasteiger partial charge on any atom is 0.230 e. The number of aromatic nitrogens is 4. The van der Waals surface area contributed by atoms with Gasteiger partial charge in [-0.15, -0.1) is 0 Å². The average Bonchev–Trinajstić information content (AvgIpc) is 2.94. The zero-order valence-corrected chi connectivity index (χ0v) is 10.2. The lowest BCUT2D eigenvalue weighted by molar-refractivity contribution is 0.102. The second-order valence-electron chi connectivity index (χ2n) is 4.22. The van der Waals surface area contributed by atoms with E-state index in [2.05, 4.69) is 9.97 Å². The minimum Gasteiger partial charge on any atom is -0.335 e. The number of nitrogens with zero attached hydrogens (tertiary/aromatic N) is 4. The highest BCUT2D eigenvalue weighted by Crippen LogP contribution is 2.20. The van der Waals surface area contributed by atoms with Crippen LogP contribution < -0.4 is 0 Å². The van der Waals surface area contributed by atoms with E-state index in [1.807, 2.05) is 30.8 Å². The van der Waals surface area contributed by atoms with Crippen LogP contribution >= 0.6 is 0 Å². The third-order valence-electron chi connectivity index (χ3n) is 3.00. The van der Waals surface area contributed by atoms with Gasteiger partial charge in [0.15, 0.2) is 5.82 Å². The van der Waals surface area contributed by atoms with E-state index < -0.39 is 0 Å². The Bertz CT molecular complexity index is 738. The van der Waals surface area contributed by atoms with E-state index in [0.717, 1.165) is 11.0 Å². The number of ketones is 1. The maximum atomic E-state index is 12.4. The molecule has 0 aliphatic carbocycles. The van der Waals surface area contributed by atoms with Crippen molar-refractivity contribution in [2.24, 2.45) is 14.1 Å². The Labute approximate surface area is 104 Å². The highest BCUT2D eigenvalue weighted by molar-refractivity contribution is 6.14. The number of carbonyl (C=O) groups is 1. The molecule has 3 aromatic rings. The molecule has 5 heteroatoms. The standard InChI is InChI=1S/C13H12N4O/c1-16-7-6-15-13(16)11(18)10-8-17(2)12-9(10)4-3-5-14-12/h3-8H,1-2H3. The van der Waals surface area contributed by atoms with Crippen molar-refractivity contribution in [1.82, 2.24) is 19.1 Å². The first-order valence-corrected chi connectivity index (χ1v) is 5.60. The lowest BCUT2D eigenvalue weighted by atomic mass is 10.1. The molecule has 0 saturated heterocycles. The fourth-order valence-corrected chi connectivity index (χ4v) is 2.10. The predicted octanol–water partition coefficient (Wildman–Crippen LogP) is 1.54. The van der Waals surface area contributed by atoms with Gasteiger partial charge in [-0.25, -0.2) is 9.97 Å². The topological polar surface area (TPSA) is 52.7 Å². The maximum absolute atomic E-state index is 12.4. The molecule has 0 radical (unpaired) electrons. The van der Waals surface area contributed by atoms with Crippen LogP contribution in [0.15, 0.2) is 36.9 Å². The molecule has 0 bridgehead atoms. The fourth-order valence-electron chi connectivity index (χ4n) is 2.10. The van der Waals surface area contributed by atoms with Gasteiger partial charge in [0.2, 0.25) is 5.78 Å². The van der Waals surface area contributed by atoms with Crippen LogP contribution in [0.5, 0.6) is 0 Å². The summed E-state index contributed by atoms with van der Waals surface area (Å²) in [5.74, 6) is 0.354. The zero-order valence-electron chi connectivity index (χ0n) is 10.2. The van der Waals surface area contributed by atoms with Crippen LogP contribution in [-0.4, -0.2) is 24.9 Å². The first-order chi connectivity index (χ1) is 8.68. The molecule has 0 unspecified atom stereocenters.